The molecular formula is C40H55F2O4P. The molecule has 0 aromatic heterocycles. The molecule has 3 rings (SSSR count). The number of carbonyl (C=O) groups is 1. The molecule has 0 atom stereocenters. The van der Waals surface area contributed by atoms with Crippen LogP contribution in [0.15, 0.2) is 48.5 Å². The van der Waals surface area contributed by atoms with Crippen LogP contribution in [0.2, 0.25) is 0 Å². The van der Waals surface area contributed by atoms with Gasteiger partial charge in [0.1, 0.15) is 17.9 Å². The Morgan fingerprint density at radius 3 is 1.40 bits per heavy atom. The molecule has 4 nitrogen and oxygen atoms in total. The molecule has 0 fully saturated rings. The first-order valence-electron chi connectivity index (χ1n) is 17.9. The van der Waals surface area contributed by atoms with Gasteiger partial charge in [-0.05, 0) is 67.3 Å². The number of hydrogen-bond acceptors (Lipinski definition) is 4. The summed E-state index contributed by atoms with van der Waals surface area (Å²) in [5.41, 5.74) is 3.83. The average molecular weight is 669 g/mol. The molecule has 47 heavy (non-hydrogen) atoms. The largest absolute Gasteiger partial charge is 0.335 e. The Morgan fingerprint density at radius 2 is 1.00 bits per heavy atom. The lowest BCUT2D eigenvalue weighted by Gasteiger charge is -2.21. The summed E-state index contributed by atoms with van der Waals surface area (Å²) in [7, 11) is -3.32. The summed E-state index contributed by atoms with van der Waals surface area (Å²) in [5.74, 6) is -0.756. The average Bonchev–Trinajstić information content (AvgIpc) is 3.07. The van der Waals surface area contributed by atoms with E-state index < -0.39 is 7.60 Å². The Hall–Kier alpha value is -2.66. The van der Waals surface area contributed by atoms with Gasteiger partial charge in [-0.15, -0.1) is 0 Å². The summed E-state index contributed by atoms with van der Waals surface area (Å²) in [6, 6.07) is 14.0. The minimum absolute atomic E-state index is 0.107. The number of carbonyl (C=O) groups excluding carboxylic acids is 1. The minimum Gasteiger partial charge on any atom is -0.309 e. The molecule has 0 aliphatic carbocycles. The summed E-state index contributed by atoms with van der Waals surface area (Å²) in [6.07, 6.45) is 14.2. The SMILES string of the molecule is CCCCCCCCc1c(F)c(-c2ccc(CP(=O)(OCC)OCC)cc2)c(CCCCCCCC)c(F)c1-c1ccc(C=O)cc1. The highest BCUT2D eigenvalue weighted by Gasteiger charge is 2.27. The summed E-state index contributed by atoms with van der Waals surface area (Å²) >= 11 is 0. The van der Waals surface area contributed by atoms with Crippen molar-refractivity contribution in [1.82, 2.24) is 0 Å². The first-order chi connectivity index (χ1) is 22.8. The molecule has 7 heteroatoms. The van der Waals surface area contributed by atoms with Crippen LogP contribution in [0, 0.1) is 11.6 Å². The van der Waals surface area contributed by atoms with Crippen molar-refractivity contribution in [2.75, 3.05) is 13.2 Å². The number of hydrogen-bond donors (Lipinski definition) is 0. The van der Waals surface area contributed by atoms with Gasteiger partial charge in [0.15, 0.2) is 0 Å². The highest BCUT2D eigenvalue weighted by Crippen LogP contribution is 2.51. The zero-order valence-electron chi connectivity index (χ0n) is 29.1. The van der Waals surface area contributed by atoms with Gasteiger partial charge in [-0.3, -0.25) is 9.36 Å². The Labute approximate surface area is 282 Å². The predicted octanol–water partition coefficient (Wildman–Crippen LogP) is 12.7. The van der Waals surface area contributed by atoms with Gasteiger partial charge in [0.2, 0.25) is 0 Å². The smallest absolute Gasteiger partial charge is 0.309 e. The maximum atomic E-state index is 17.1. The standard InChI is InChI=1S/C40H55F2O4P/c1-5-9-11-13-15-17-19-35-37(33-25-21-31(29-43)22-26-33)39(41)36(20-18-16-14-12-10-6-2)38(40(35)42)34-27-23-32(24-28-34)30-47(44,45-7-3)46-8-4/h21-29H,5-20,30H2,1-4H3. The Bertz CT molecular complexity index is 1410. The summed E-state index contributed by atoms with van der Waals surface area (Å²) in [6.45, 7) is 8.46. The lowest BCUT2D eigenvalue weighted by Crippen LogP contribution is -2.08. The molecule has 3 aromatic carbocycles. The molecule has 0 bridgehead atoms. The third-order valence-electron chi connectivity index (χ3n) is 8.74. The lowest BCUT2D eigenvalue weighted by molar-refractivity contribution is 0.112. The Balaban J connectivity index is 2.10. The predicted molar refractivity (Wildman–Crippen MR) is 191 cm³/mol. The van der Waals surface area contributed by atoms with Crippen LogP contribution in [0.1, 0.15) is 132 Å². The van der Waals surface area contributed by atoms with Gasteiger partial charge in [-0.1, -0.05) is 127 Å². The Kier molecular flexibility index (Phi) is 17.0. The monoisotopic (exact) mass is 668 g/mol. The van der Waals surface area contributed by atoms with Crippen LogP contribution in [0.3, 0.4) is 0 Å². The molecule has 0 radical (unpaired) electrons. The van der Waals surface area contributed by atoms with Gasteiger partial charge in [0.25, 0.3) is 0 Å². The van der Waals surface area contributed by atoms with Crippen LogP contribution < -0.4 is 0 Å². The number of aldehydes is 1. The van der Waals surface area contributed by atoms with E-state index in [-0.39, 0.29) is 31.0 Å². The lowest BCUT2D eigenvalue weighted by atomic mass is 9.85. The van der Waals surface area contributed by atoms with Gasteiger partial charge in [0.05, 0.1) is 19.4 Å². The van der Waals surface area contributed by atoms with Crippen molar-refractivity contribution < 1.29 is 27.2 Å². The van der Waals surface area contributed by atoms with Gasteiger partial charge in [-0.2, -0.15) is 0 Å². The topological polar surface area (TPSA) is 52.6 Å². The molecule has 0 unspecified atom stereocenters. The number of benzene rings is 3. The van der Waals surface area contributed by atoms with Crippen molar-refractivity contribution in [2.24, 2.45) is 0 Å². The van der Waals surface area contributed by atoms with Crippen LogP contribution in [-0.4, -0.2) is 19.5 Å². The van der Waals surface area contributed by atoms with Gasteiger partial charge >= 0.3 is 7.60 Å². The van der Waals surface area contributed by atoms with Gasteiger partial charge in [-0.25, -0.2) is 8.78 Å². The van der Waals surface area contributed by atoms with Crippen LogP contribution in [-0.2, 0) is 32.6 Å². The number of halogens is 2. The second-order valence-corrected chi connectivity index (χ2v) is 14.5. The second kappa shape index (κ2) is 20.6. The minimum atomic E-state index is -3.32. The van der Waals surface area contributed by atoms with Crippen LogP contribution in [0.25, 0.3) is 22.3 Å². The maximum Gasteiger partial charge on any atom is 0.335 e. The third kappa shape index (κ3) is 11.5. The molecule has 0 amide bonds. The molecule has 0 spiro atoms. The van der Waals surface area contributed by atoms with Crippen molar-refractivity contribution in [3.8, 4) is 22.3 Å². The van der Waals surface area contributed by atoms with E-state index in [0.717, 1.165) is 76.1 Å². The molecule has 0 saturated carbocycles. The summed E-state index contributed by atoms with van der Waals surface area (Å²) in [5, 5.41) is 0. The van der Waals surface area contributed by atoms with Crippen molar-refractivity contribution in [1.29, 1.82) is 0 Å². The highest BCUT2D eigenvalue weighted by molar-refractivity contribution is 7.53. The molecule has 0 saturated heterocycles. The zero-order chi connectivity index (χ0) is 34.1. The normalized spacial score (nSPS) is 11.7. The summed E-state index contributed by atoms with van der Waals surface area (Å²) in [4.78, 5) is 11.4. The first-order valence-corrected chi connectivity index (χ1v) is 19.6. The van der Waals surface area contributed by atoms with Crippen molar-refractivity contribution in [3.05, 3.63) is 82.4 Å². The Morgan fingerprint density at radius 1 is 0.596 bits per heavy atom. The van der Waals surface area contributed by atoms with Gasteiger partial charge in [0, 0.05) is 16.7 Å². The molecule has 0 aliphatic rings. The fourth-order valence-electron chi connectivity index (χ4n) is 6.27. The molecule has 3 aromatic rings. The van der Waals surface area contributed by atoms with E-state index in [2.05, 4.69) is 13.8 Å². The van der Waals surface area contributed by atoms with Crippen LogP contribution in [0.5, 0.6) is 0 Å². The van der Waals surface area contributed by atoms with E-state index >= 15 is 8.78 Å². The fraction of sp³-hybridized carbons (Fsp3) is 0.525. The summed E-state index contributed by atoms with van der Waals surface area (Å²) < 4.78 is 58.2. The molecule has 258 valence electrons. The van der Waals surface area contributed by atoms with E-state index in [0.29, 0.717) is 51.8 Å². The molecule has 0 N–H and O–H groups in total. The van der Waals surface area contributed by atoms with E-state index in [1.165, 1.54) is 12.8 Å². The zero-order valence-corrected chi connectivity index (χ0v) is 29.9. The number of unbranched alkanes of at least 4 members (excludes halogenated alkanes) is 10. The van der Waals surface area contributed by atoms with Gasteiger partial charge < -0.3 is 9.05 Å². The molecule has 0 aliphatic heterocycles. The molecular weight excluding hydrogens is 613 g/mol. The van der Waals surface area contributed by atoms with E-state index in [9.17, 15) is 9.36 Å². The van der Waals surface area contributed by atoms with E-state index in [1.54, 1.807) is 50.2 Å². The fourth-order valence-corrected chi connectivity index (χ4v) is 7.97. The number of rotatable bonds is 23. The van der Waals surface area contributed by atoms with Crippen molar-refractivity contribution >= 4 is 13.9 Å². The van der Waals surface area contributed by atoms with Crippen LogP contribution >= 0.6 is 7.60 Å². The second-order valence-electron chi connectivity index (χ2n) is 12.4. The highest BCUT2D eigenvalue weighted by atomic mass is 31.2. The van der Waals surface area contributed by atoms with E-state index in [4.69, 9.17) is 9.05 Å². The third-order valence-corrected chi connectivity index (χ3v) is 10.8. The first kappa shape index (κ1) is 38.8. The van der Waals surface area contributed by atoms with Crippen LogP contribution in [0.4, 0.5) is 8.78 Å². The van der Waals surface area contributed by atoms with E-state index in [1.807, 2.05) is 12.1 Å². The van der Waals surface area contributed by atoms with Crippen molar-refractivity contribution in [2.45, 2.75) is 124 Å². The maximum absolute atomic E-state index is 17.1. The van der Waals surface area contributed by atoms with Crippen molar-refractivity contribution in [3.63, 3.8) is 0 Å². The quantitative estimate of drug-likeness (QED) is 0.0573. The molecule has 0 heterocycles.